The number of nitrogens with two attached hydrogens (primary N) is 1. The number of rotatable bonds is 4. The number of aromatic nitrogens is 2. The van der Waals surface area contributed by atoms with E-state index in [1.807, 2.05) is 18.5 Å². The Morgan fingerprint density at radius 3 is 3.13 bits per heavy atom. The van der Waals surface area contributed by atoms with Gasteiger partial charge in [-0.15, -0.1) is 11.3 Å². The lowest BCUT2D eigenvalue weighted by atomic mass is 10.3. The zero-order valence-electron chi connectivity index (χ0n) is 8.66. The van der Waals surface area contributed by atoms with E-state index in [0.717, 1.165) is 35.4 Å². The van der Waals surface area contributed by atoms with Crippen LogP contribution in [0.25, 0.3) is 10.2 Å². The number of nitrogen functional groups attached to an aromatic ring is 1. The molecule has 0 saturated carbocycles. The van der Waals surface area contributed by atoms with Crippen molar-refractivity contribution in [2.75, 3.05) is 19.3 Å². The van der Waals surface area contributed by atoms with Gasteiger partial charge in [-0.05, 0) is 31.5 Å². The van der Waals surface area contributed by atoms with E-state index in [2.05, 4.69) is 15.3 Å². The van der Waals surface area contributed by atoms with E-state index >= 15 is 0 Å². The molecule has 0 radical (unpaired) electrons. The van der Waals surface area contributed by atoms with Crippen LogP contribution in [0.15, 0.2) is 11.4 Å². The van der Waals surface area contributed by atoms with Gasteiger partial charge in [0, 0.05) is 6.42 Å². The van der Waals surface area contributed by atoms with Gasteiger partial charge in [0.1, 0.15) is 11.6 Å². The van der Waals surface area contributed by atoms with Gasteiger partial charge in [-0.3, -0.25) is 0 Å². The van der Waals surface area contributed by atoms with Gasteiger partial charge in [-0.25, -0.2) is 9.97 Å². The normalized spacial score (nSPS) is 11.0. The molecule has 2 aromatic rings. The minimum atomic E-state index is 0.606. The molecule has 0 aliphatic heterocycles. The van der Waals surface area contributed by atoms with Gasteiger partial charge in [0.2, 0.25) is 0 Å². The fourth-order valence-corrected chi connectivity index (χ4v) is 2.20. The van der Waals surface area contributed by atoms with Crippen molar-refractivity contribution >= 4 is 27.4 Å². The summed E-state index contributed by atoms with van der Waals surface area (Å²) < 4.78 is 0.993. The molecular formula is C10H14N4S. The number of anilines is 1. The number of thiophene rings is 1. The largest absolute Gasteiger partial charge is 0.382 e. The third-order valence-electron chi connectivity index (χ3n) is 2.20. The van der Waals surface area contributed by atoms with Gasteiger partial charge < -0.3 is 11.1 Å². The van der Waals surface area contributed by atoms with Crippen LogP contribution in [0.3, 0.4) is 0 Å². The van der Waals surface area contributed by atoms with Crippen LogP contribution in [0, 0.1) is 0 Å². The maximum atomic E-state index is 5.85. The second-order valence-electron chi connectivity index (χ2n) is 3.37. The van der Waals surface area contributed by atoms with Gasteiger partial charge in [-0.1, -0.05) is 0 Å². The van der Waals surface area contributed by atoms with Gasteiger partial charge in [0.05, 0.1) is 10.2 Å². The number of nitrogens with one attached hydrogen (secondary N) is 1. The molecule has 0 unspecified atom stereocenters. The quantitative estimate of drug-likeness (QED) is 0.768. The zero-order chi connectivity index (χ0) is 10.7. The summed E-state index contributed by atoms with van der Waals surface area (Å²) in [7, 11) is 1.94. The van der Waals surface area contributed by atoms with Gasteiger partial charge in [-0.2, -0.15) is 0 Å². The molecule has 0 aliphatic carbocycles. The van der Waals surface area contributed by atoms with Crippen LogP contribution in [0.2, 0.25) is 0 Å². The molecule has 2 aromatic heterocycles. The maximum Gasteiger partial charge on any atom is 0.145 e. The molecule has 4 nitrogen and oxygen atoms in total. The van der Waals surface area contributed by atoms with Crippen LogP contribution in [0.5, 0.6) is 0 Å². The Morgan fingerprint density at radius 2 is 2.33 bits per heavy atom. The Balaban J connectivity index is 2.21. The number of aryl methyl sites for hydroxylation is 1. The summed E-state index contributed by atoms with van der Waals surface area (Å²) in [6.07, 6.45) is 1.91. The number of fused-ring (bicyclic) bond motifs is 1. The fraction of sp³-hybridized carbons (Fsp3) is 0.400. The van der Waals surface area contributed by atoms with Crippen molar-refractivity contribution in [1.82, 2.24) is 15.3 Å². The summed E-state index contributed by atoms with van der Waals surface area (Å²) >= 11 is 1.59. The van der Waals surface area contributed by atoms with E-state index in [9.17, 15) is 0 Å². The zero-order valence-corrected chi connectivity index (χ0v) is 9.47. The first-order valence-electron chi connectivity index (χ1n) is 4.95. The van der Waals surface area contributed by atoms with Crippen LogP contribution in [-0.2, 0) is 6.42 Å². The summed E-state index contributed by atoms with van der Waals surface area (Å²) in [5.41, 5.74) is 6.81. The number of nitrogens with zero attached hydrogens (tertiary/aromatic N) is 2. The Hall–Kier alpha value is -1.20. The van der Waals surface area contributed by atoms with E-state index in [0.29, 0.717) is 5.82 Å². The highest BCUT2D eigenvalue weighted by atomic mass is 32.1. The maximum absolute atomic E-state index is 5.85. The van der Waals surface area contributed by atoms with E-state index < -0.39 is 0 Å². The Kier molecular flexibility index (Phi) is 3.13. The first-order chi connectivity index (χ1) is 7.31. The standard InChI is InChI=1S/C10H14N4S/c1-12-5-2-3-8-13-7-4-6-15-9(7)10(11)14-8/h4,6,12H,2-3,5H2,1H3,(H2,11,13,14). The predicted molar refractivity (Wildman–Crippen MR) is 64.1 cm³/mol. The molecule has 2 heterocycles. The number of hydrogen-bond donors (Lipinski definition) is 2. The van der Waals surface area contributed by atoms with Crippen molar-refractivity contribution in [3.05, 3.63) is 17.3 Å². The predicted octanol–water partition coefficient (Wildman–Crippen LogP) is 1.43. The molecule has 0 aromatic carbocycles. The van der Waals surface area contributed by atoms with E-state index in [1.165, 1.54) is 0 Å². The lowest BCUT2D eigenvalue weighted by molar-refractivity contribution is 0.705. The molecule has 0 amide bonds. The van der Waals surface area contributed by atoms with Crippen LogP contribution in [0.1, 0.15) is 12.2 Å². The smallest absolute Gasteiger partial charge is 0.145 e. The van der Waals surface area contributed by atoms with Crippen molar-refractivity contribution in [3.63, 3.8) is 0 Å². The highest BCUT2D eigenvalue weighted by Gasteiger charge is 2.05. The first-order valence-corrected chi connectivity index (χ1v) is 5.83. The van der Waals surface area contributed by atoms with E-state index in [1.54, 1.807) is 11.3 Å². The lowest BCUT2D eigenvalue weighted by Gasteiger charge is -2.02. The van der Waals surface area contributed by atoms with Gasteiger partial charge in [0.15, 0.2) is 0 Å². The molecule has 0 saturated heterocycles. The van der Waals surface area contributed by atoms with Crippen LogP contribution < -0.4 is 11.1 Å². The Labute approximate surface area is 92.5 Å². The van der Waals surface area contributed by atoms with Gasteiger partial charge in [0.25, 0.3) is 0 Å². The number of hydrogen-bond acceptors (Lipinski definition) is 5. The molecule has 15 heavy (non-hydrogen) atoms. The highest BCUT2D eigenvalue weighted by Crippen LogP contribution is 2.23. The van der Waals surface area contributed by atoms with Crippen molar-refractivity contribution in [2.24, 2.45) is 0 Å². The Morgan fingerprint density at radius 1 is 1.47 bits per heavy atom. The minimum Gasteiger partial charge on any atom is -0.382 e. The summed E-state index contributed by atoms with van der Waals surface area (Å²) in [6.45, 7) is 0.977. The SMILES string of the molecule is CNCCCc1nc(N)c2sccc2n1. The molecule has 2 rings (SSSR count). The third-order valence-corrected chi connectivity index (χ3v) is 3.13. The highest BCUT2D eigenvalue weighted by molar-refractivity contribution is 7.17. The van der Waals surface area contributed by atoms with Crippen LogP contribution >= 0.6 is 11.3 Å². The molecule has 0 fully saturated rings. The lowest BCUT2D eigenvalue weighted by Crippen LogP contribution is -2.09. The summed E-state index contributed by atoms with van der Waals surface area (Å²) in [5, 5.41) is 5.09. The molecule has 0 aliphatic rings. The monoisotopic (exact) mass is 222 g/mol. The molecule has 5 heteroatoms. The average Bonchev–Trinajstić information content (AvgIpc) is 2.66. The second-order valence-corrected chi connectivity index (χ2v) is 4.28. The van der Waals surface area contributed by atoms with Crippen LogP contribution in [0.4, 0.5) is 5.82 Å². The van der Waals surface area contributed by atoms with Crippen molar-refractivity contribution < 1.29 is 0 Å². The van der Waals surface area contributed by atoms with Crippen molar-refractivity contribution in [1.29, 1.82) is 0 Å². The minimum absolute atomic E-state index is 0.606. The molecule has 3 N–H and O–H groups in total. The van der Waals surface area contributed by atoms with E-state index in [-0.39, 0.29) is 0 Å². The first kappa shape index (κ1) is 10.3. The summed E-state index contributed by atoms with van der Waals surface area (Å²) in [5.74, 6) is 1.45. The topological polar surface area (TPSA) is 63.8 Å². The molecular weight excluding hydrogens is 208 g/mol. The molecule has 0 spiro atoms. The summed E-state index contributed by atoms with van der Waals surface area (Å²) in [6, 6.07) is 1.99. The van der Waals surface area contributed by atoms with Crippen molar-refractivity contribution in [2.45, 2.75) is 12.8 Å². The average molecular weight is 222 g/mol. The third kappa shape index (κ3) is 2.24. The van der Waals surface area contributed by atoms with Crippen LogP contribution in [-0.4, -0.2) is 23.6 Å². The van der Waals surface area contributed by atoms with Gasteiger partial charge >= 0.3 is 0 Å². The molecule has 0 bridgehead atoms. The summed E-state index contributed by atoms with van der Waals surface area (Å²) in [4.78, 5) is 8.75. The fourth-order valence-electron chi connectivity index (χ4n) is 1.47. The second kappa shape index (κ2) is 4.55. The van der Waals surface area contributed by atoms with E-state index in [4.69, 9.17) is 5.73 Å². The Bertz CT molecular complexity index is 452. The van der Waals surface area contributed by atoms with Crippen molar-refractivity contribution in [3.8, 4) is 0 Å². The molecule has 80 valence electrons. The molecule has 0 atom stereocenters.